The van der Waals surface area contributed by atoms with Gasteiger partial charge in [0.1, 0.15) is 5.82 Å². The number of aromatic nitrogens is 1. The highest BCUT2D eigenvalue weighted by Crippen LogP contribution is 2.20. The summed E-state index contributed by atoms with van der Waals surface area (Å²) < 4.78 is 16.3. The molecule has 1 amide bonds. The number of terminal acetylenes is 1. The first kappa shape index (κ1) is 17.2. The number of nitrogens with zero attached hydrogens (tertiary/aromatic N) is 2. The molecule has 2 aromatic carbocycles. The van der Waals surface area contributed by atoms with Crippen LogP contribution in [0, 0.1) is 18.2 Å². The highest BCUT2D eigenvalue weighted by atomic mass is 35.5. The predicted molar refractivity (Wildman–Crippen MR) is 99.7 cm³/mol. The zero-order valence-electron chi connectivity index (χ0n) is 12.9. The van der Waals surface area contributed by atoms with Gasteiger partial charge in [0.05, 0.1) is 16.8 Å². The van der Waals surface area contributed by atoms with E-state index in [1.807, 2.05) is 6.07 Å². The van der Waals surface area contributed by atoms with Crippen LogP contribution in [0.2, 0.25) is 5.02 Å². The molecule has 0 atom stereocenters. The number of fused-ring (bicyclic) bond motifs is 1. The molecule has 0 fully saturated rings. The van der Waals surface area contributed by atoms with Crippen LogP contribution in [0.5, 0.6) is 0 Å². The monoisotopic (exact) mass is 370 g/mol. The summed E-state index contributed by atoms with van der Waals surface area (Å²) in [5.41, 5.74) is 1.07. The summed E-state index contributed by atoms with van der Waals surface area (Å²) in [6.07, 6.45) is 8.28. The number of para-hydroxylation sites is 1. The second kappa shape index (κ2) is 7.47. The molecule has 1 aromatic heterocycles. The Hall–Kier alpha value is -2.68. The molecular weight excluding hydrogens is 359 g/mol. The number of carbonyl (C=O) groups excluding carboxylic acids is 1. The molecule has 3 rings (SSSR count). The second-order valence-corrected chi connectivity index (χ2v) is 6.48. The van der Waals surface area contributed by atoms with E-state index in [9.17, 15) is 9.18 Å². The molecule has 0 aliphatic rings. The van der Waals surface area contributed by atoms with Gasteiger partial charge < -0.3 is 4.57 Å². The van der Waals surface area contributed by atoms with Crippen LogP contribution in [0.1, 0.15) is 5.56 Å². The molecule has 0 saturated heterocycles. The van der Waals surface area contributed by atoms with E-state index in [4.69, 9.17) is 18.0 Å². The van der Waals surface area contributed by atoms with Crippen molar-refractivity contribution in [2.75, 3.05) is 0 Å². The van der Waals surface area contributed by atoms with Gasteiger partial charge in [0, 0.05) is 11.1 Å². The van der Waals surface area contributed by atoms with Crippen LogP contribution in [0.3, 0.4) is 0 Å². The van der Waals surface area contributed by atoms with Gasteiger partial charge in [-0.1, -0.05) is 53.1 Å². The number of halogens is 2. The largest absolute Gasteiger partial charge is 0.302 e. The summed E-state index contributed by atoms with van der Waals surface area (Å²) >= 11 is 7.26. The van der Waals surface area contributed by atoms with Crippen molar-refractivity contribution in [2.45, 2.75) is 6.54 Å². The van der Waals surface area contributed by atoms with Crippen molar-refractivity contribution in [2.24, 2.45) is 4.99 Å². The molecule has 3 aromatic rings. The van der Waals surface area contributed by atoms with E-state index in [1.54, 1.807) is 36.4 Å². The fourth-order valence-corrected chi connectivity index (χ4v) is 3.56. The Morgan fingerprint density at radius 2 is 2.12 bits per heavy atom. The summed E-state index contributed by atoms with van der Waals surface area (Å²) in [4.78, 5) is 16.6. The van der Waals surface area contributed by atoms with Crippen molar-refractivity contribution in [3.05, 3.63) is 69.7 Å². The lowest BCUT2D eigenvalue weighted by atomic mass is 10.2. The van der Waals surface area contributed by atoms with E-state index in [0.29, 0.717) is 25.6 Å². The van der Waals surface area contributed by atoms with Gasteiger partial charge in [-0.25, -0.2) is 4.39 Å². The first-order valence-electron chi connectivity index (χ1n) is 7.33. The standard InChI is InChI=1S/C19H12ClFN2OS/c1-2-12-23-18-15(21)8-5-9-16(18)25-19(23)22-17(24)11-10-13-6-3-4-7-14(13)20/h1,3-11H,12H2/b11-10+,22-19?. The Morgan fingerprint density at radius 1 is 1.32 bits per heavy atom. The van der Waals surface area contributed by atoms with Gasteiger partial charge in [-0.2, -0.15) is 4.99 Å². The van der Waals surface area contributed by atoms with Crippen LogP contribution < -0.4 is 4.80 Å². The molecule has 0 aliphatic heterocycles. The fourth-order valence-electron chi connectivity index (χ4n) is 2.31. The Bertz CT molecular complexity index is 1090. The Labute approximate surface area is 152 Å². The van der Waals surface area contributed by atoms with Crippen LogP contribution in [0.25, 0.3) is 16.3 Å². The van der Waals surface area contributed by atoms with Crippen LogP contribution in [0.4, 0.5) is 4.39 Å². The summed E-state index contributed by atoms with van der Waals surface area (Å²) in [5, 5.41) is 0.540. The van der Waals surface area contributed by atoms with Crippen molar-refractivity contribution >= 4 is 45.1 Å². The topological polar surface area (TPSA) is 34.4 Å². The van der Waals surface area contributed by atoms with E-state index in [1.165, 1.54) is 28.0 Å². The lowest BCUT2D eigenvalue weighted by Gasteiger charge is -2.00. The van der Waals surface area contributed by atoms with Crippen molar-refractivity contribution in [3.63, 3.8) is 0 Å². The Balaban J connectivity index is 2.02. The molecular formula is C19H12ClFN2OS. The van der Waals surface area contributed by atoms with Crippen molar-refractivity contribution in [1.29, 1.82) is 0 Å². The summed E-state index contributed by atoms with van der Waals surface area (Å²) in [6.45, 7) is 0.126. The quantitative estimate of drug-likeness (QED) is 0.501. The van der Waals surface area contributed by atoms with Crippen molar-refractivity contribution in [1.82, 2.24) is 4.57 Å². The van der Waals surface area contributed by atoms with Gasteiger partial charge in [-0.15, -0.1) is 6.42 Å². The highest BCUT2D eigenvalue weighted by Gasteiger charge is 2.10. The zero-order valence-corrected chi connectivity index (χ0v) is 14.5. The lowest BCUT2D eigenvalue weighted by molar-refractivity contribution is -0.113. The van der Waals surface area contributed by atoms with E-state index in [-0.39, 0.29) is 6.54 Å². The second-order valence-electron chi connectivity index (χ2n) is 5.07. The fraction of sp³-hybridized carbons (Fsp3) is 0.0526. The van der Waals surface area contributed by atoms with Crippen LogP contribution in [-0.4, -0.2) is 10.5 Å². The summed E-state index contributed by atoms with van der Waals surface area (Å²) in [6, 6.07) is 11.9. The molecule has 0 aliphatic carbocycles. The maximum absolute atomic E-state index is 14.1. The molecule has 0 radical (unpaired) electrons. The minimum absolute atomic E-state index is 0.126. The summed E-state index contributed by atoms with van der Waals surface area (Å²) in [7, 11) is 0. The average molecular weight is 371 g/mol. The van der Waals surface area contributed by atoms with Crippen LogP contribution >= 0.6 is 22.9 Å². The smallest absolute Gasteiger partial charge is 0.272 e. The highest BCUT2D eigenvalue weighted by molar-refractivity contribution is 7.16. The van der Waals surface area contributed by atoms with Gasteiger partial charge in [-0.05, 0) is 29.8 Å². The SMILES string of the molecule is C#CCn1c(=NC(=O)/C=C/c2ccccc2Cl)sc2cccc(F)c21. The number of thiazole rings is 1. The molecule has 3 nitrogen and oxygen atoms in total. The lowest BCUT2D eigenvalue weighted by Crippen LogP contribution is -2.16. The molecule has 0 N–H and O–H groups in total. The predicted octanol–water partition coefficient (Wildman–Crippen LogP) is 4.27. The Kier molecular flexibility index (Phi) is 5.13. The van der Waals surface area contributed by atoms with Gasteiger partial charge >= 0.3 is 0 Å². The van der Waals surface area contributed by atoms with Crippen LogP contribution in [-0.2, 0) is 11.3 Å². The third-order valence-corrected chi connectivity index (χ3v) is 4.81. The number of benzene rings is 2. The van der Waals surface area contributed by atoms with Crippen molar-refractivity contribution < 1.29 is 9.18 Å². The van der Waals surface area contributed by atoms with E-state index >= 15 is 0 Å². The minimum Gasteiger partial charge on any atom is -0.302 e. The molecule has 0 bridgehead atoms. The van der Waals surface area contributed by atoms with E-state index in [0.717, 1.165) is 0 Å². The molecule has 6 heteroatoms. The average Bonchev–Trinajstić information content (AvgIpc) is 2.93. The zero-order chi connectivity index (χ0) is 17.8. The third-order valence-electron chi connectivity index (χ3n) is 3.42. The number of carbonyl (C=O) groups is 1. The van der Waals surface area contributed by atoms with E-state index < -0.39 is 11.7 Å². The van der Waals surface area contributed by atoms with Gasteiger partial charge in [0.15, 0.2) is 4.80 Å². The number of amides is 1. The van der Waals surface area contributed by atoms with Gasteiger partial charge in [0.25, 0.3) is 5.91 Å². The van der Waals surface area contributed by atoms with Crippen LogP contribution in [0.15, 0.2) is 53.5 Å². The molecule has 0 spiro atoms. The first-order valence-corrected chi connectivity index (χ1v) is 8.52. The molecule has 0 saturated carbocycles. The molecule has 1 heterocycles. The third kappa shape index (κ3) is 3.71. The number of rotatable bonds is 3. The van der Waals surface area contributed by atoms with E-state index in [2.05, 4.69) is 10.9 Å². The summed E-state index contributed by atoms with van der Waals surface area (Å²) in [5.74, 6) is 1.59. The normalized spacial score (nSPS) is 12.0. The van der Waals surface area contributed by atoms with Crippen molar-refractivity contribution in [3.8, 4) is 12.3 Å². The maximum atomic E-state index is 14.1. The number of hydrogen-bond acceptors (Lipinski definition) is 2. The Morgan fingerprint density at radius 3 is 2.88 bits per heavy atom. The minimum atomic E-state index is -0.474. The molecule has 0 unspecified atom stereocenters. The molecule has 124 valence electrons. The van der Waals surface area contributed by atoms with Gasteiger partial charge in [0.2, 0.25) is 0 Å². The maximum Gasteiger partial charge on any atom is 0.272 e. The molecule has 25 heavy (non-hydrogen) atoms. The van der Waals surface area contributed by atoms with Gasteiger partial charge in [-0.3, -0.25) is 4.79 Å². The first-order chi connectivity index (χ1) is 12.1. The number of hydrogen-bond donors (Lipinski definition) is 0.